The Bertz CT molecular complexity index is 1300. The van der Waals surface area contributed by atoms with Crippen molar-refractivity contribution in [3.05, 3.63) is 47.5 Å². The first-order valence-corrected chi connectivity index (χ1v) is 9.05. The van der Waals surface area contributed by atoms with Crippen molar-refractivity contribution in [3.8, 4) is 17.3 Å². The number of carboxylic acid groups (broad SMARTS) is 1. The minimum atomic E-state index is -4.43. The summed E-state index contributed by atoms with van der Waals surface area (Å²) in [5.41, 5.74) is 2.04. The molecule has 4 aromatic rings. The van der Waals surface area contributed by atoms with Gasteiger partial charge in [-0.25, -0.2) is 9.78 Å². The number of benzene rings is 2. The third-order valence-corrected chi connectivity index (χ3v) is 5.19. The lowest BCUT2D eigenvalue weighted by Crippen LogP contribution is -2.18. The number of aromatic carboxylic acids is 1. The first kappa shape index (κ1) is 19.8. The van der Waals surface area contributed by atoms with Crippen molar-refractivity contribution in [3.63, 3.8) is 0 Å². The molecule has 0 saturated carbocycles. The molecule has 0 spiro atoms. The van der Waals surface area contributed by atoms with Crippen LogP contribution in [0.2, 0.25) is 0 Å². The molecule has 0 fully saturated rings. The summed E-state index contributed by atoms with van der Waals surface area (Å²) < 4.78 is 48.2. The molecule has 30 heavy (non-hydrogen) atoms. The smallest absolute Gasteiger partial charge is 0.406 e. The van der Waals surface area contributed by atoms with Gasteiger partial charge in [-0.3, -0.25) is 0 Å². The molecule has 0 aliphatic carbocycles. The second-order valence-electron chi connectivity index (χ2n) is 7.04. The number of aromatic nitrogens is 3. The van der Waals surface area contributed by atoms with Crippen LogP contribution in [0.3, 0.4) is 0 Å². The lowest BCUT2D eigenvalue weighted by molar-refractivity contribution is -0.139. The molecular formula is C21H18F3N3O3. The summed E-state index contributed by atoms with van der Waals surface area (Å²) in [6, 6.07) is 9.86. The maximum absolute atomic E-state index is 13.3. The van der Waals surface area contributed by atoms with E-state index in [0.717, 1.165) is 0 Å². The van der Waals surface area contributed by atoms with Crippen LogP contribution in [0, 0.1) is 6.92 Å². The van der Waals surface area contributed by atoms with Gasteiger partial charge in [-0.1, -0.05) is 18.2 Å². The van der Waals surface area contributed by atoms with Gasteiger partial charge in [0.1, 0.15) is 17.8 Å². The van der Waals surface area contributed by atoms with Crippen LogP contribution in [-0.2, 0) is 13.6 Å². The van der Waals surface area contributed by atoms with E-state index in [-0.39, 0.29) is 22.8 Å². The first-order chi connectivity index (χ1) is 14.1. The number of aryl methyl sites for hydroxylation is 2. The molecule has 0 saturated heterocycles. The third kappa shape index (κ3) is 3.06. The first-order valence-electron chi connectivity index (χ1n) is 9.05. The number of imidazole rings is 1. The predicted molar refractivity (Wildman–Crippen MR) is 106 cm³/mol. The molecule has 1 N–H and O–H groups in total. The highest BCUT2D eigenvalue weighted by Gasteiger charge is 2.31. The fraction of sp³-hybridized carbons (Fsp3) is 0.238. The minimum Gasteiger partial charge on any atom is -0.494 e. The zero-order valence-corrected chi connectivity index (χ0v) is 16.4. The molecule has 0 aliphatic rings. The third-order valence-electron chi connectivity index (χ3n) is 5.19. The van der Waals surface area contributed by atoms with Crippen LogP contribution in [0.15, 0.2) is 36.4 Å². The van der Waals surface area contributed by atoms with Gasteiger partial charge in [-0.2, -0.15) is 13.2 Å². The van der Waals surface area contributed by atoms with Gasteiger partial charge < -0.3 is 19.0 Å². The Kier molecular flexibility index (Phi) is 4.48. The highest BCUT2D eigenvalue weighted by molar-refractivity contribution is 5.99. The summed E-state index contributed by atoms with van der Waals surface area (Å²) in [5, 5.41) is 10.1. The Labute approximate surface area is 169 Å². The Hall–Kier alpha value is -3.49. The molecule has 0 radical (unpaired) electrons. The fourth-order valence-electron chi connectivity index (χ4n) is 3.83. The quantitative estimate of drug-likeness (QED) is 0.519. The van der Waals surface area contributed by atoms with E-state index in [4.69, 9.17) is 4.74 Å². The van der Waals surface area contributed by atoms with Gasteiger partial charge >= 0.3 is 12.1 Å². The molecular weight excluding hydrogens is 399 g/mol. The van der Waals surface area contributed by atoms with Gasteiger partial charge in [0.15, 0.2) is 5.82 Å². The van der Waals surface area contributed by atoms with E-state index in [0.29, 0.717) is 27.5 Å². The van der Waals surface area contributed by atoms with Gasteiger partial charge in [-0.05, 0) is 30.7 Å². The van der Waals surface area contributed by atoms with Crippen LogP contribution < -0.4 is 4.74 Å². The average molecular weight is 417 g/mol. The molecule has 6 nitrogen and oxygen atoms in total. The maximum Gasteiger partial charge on any atom is 0.406 e. The number of alkyl halides is 3. The Balaban J connectivity index is 2.06. The summed E-state index contributed by atoms with van der Waals surface area (Å²) in [6.45, 7) is 0.447. The molecule has 0 amide bonds. The summed E-state index contributed by atoms with van der Waals surface area (Å²) in [6.07, 6.45) is -4.43. The van der Waals surface area contributed by atoms with Crippen LogP contribution in [0.25, 0.3) is 33.5 Å². The number of rotatable bonds is 4. The van der Waals surface area contributed by atoms with Crippen LogP contribution >= 0.6 is 0 Å². The van der Waals surface area contributed by atoms with Crippen LogP contribution in [-0.4, -0.2) is 38.5 Å². The number of carboxylic acids is 1. The summed E-state index contributed by atoms with van der Waals surface area (Å²) in [5.74, 6) is -0.562. The molecule has 2 heterocycles. The number of para-hydroxylation sites is 1. The molecule has 2 aromatic carbocycles. The number of hydrogen-bond donors (Lipinski definition) is 1. The summed E-state index contributed by atoms with van der Waals surface area (Å²) in [7, 11) is 3.08. The van der Waals surface area contributed by atoms with E-state index in [1.54, 1.807) is 48.9 Å². The Morgan fingerprint density at radius 3 is 2.57 bits per heavy atom. The fourth-order valence-corrected chi connectivity index (χ4v) is 3.83. The van der Waals surface area contributed by atoms with Crippen LogP contribution in [0.5, 0.6) is 5.75 Å². The predicted octanol–water partition coefficient (Wildman–Crippen LogP) is 4.77. The van der Waals surface area contributed by atoms with E-state index >= 15 is 0 Å². The molecule has 0 atom stereocenters. The van der Waals surface area contributed by atoms with Crippen molar-refractivity contribution in [1.29, 1.82) is 0 Å². The number of fused-ring (bicyclic) bond motifs is 2. The van der Waals surface area contributed by atoms with Gasteiger partial charge in [-0.15, -0.1) is 0 Å². The summed E-state index contributed by atoms with van der Waals surface area (Å²) >= 11 is 0. The van der Waals surface area contributed by atoms with Crippen molar-refractivity contribution >= 4 is 27.9 Å². The second kappa shape index (κ2) is 6.79. The van der Waals surface area contributed by atoms with Gasteiger partial charge in [0.05, 0.1) is 23.9 Å². The van der Waals surface area contributed by atoms with Crippen molar-refractivity contribution in [2.24, 2.45) is 7.05 Å². The summed E-state index contributed by atoms with van der Waals surface area (Å²) in [4.78, 5) is 16.2. The number of methoxy groups -OCH3 is 1. The SMILES string of the molecule is COc1cc(C(=O)O)c(C)c2nc(-c3cc4ccccc4n3CC(F)(F)F)n(C)c12. The largest absolute Gasteiger partial charge is 0.494 e. The van der Waals surface area contributed by atoms with Crippen molar-refractivity contribution in [1.82, 2.24) is 14.1 Å². The van der Waals surface area contributed by atoms with E-state index in [2.05, 4.69) is 4.98 Å². The molecule has 2 aromatic heterocycles. The lowest BCUT2D eigenvalue weighted by atomic mass is 10.1. The van der Waals surface area contributed by atoms with E-state index in [1.165, 1.54) is 17.7 Å². The minimum absolute atomic E-state index is 0.0276. The van der Waals surface area contributed by atoms with Crippen molar-refractivity contribution in [2.45, 2.75) is 19.6 Å². The number of carbonyl (C=O) groups is 1. The monoisotopic (exact) mass is 417 g/mol. The van der Waals surface area contributed by atoms with Crippen molar-refractivity contribution < 1.29 is 27.8 Å². The molecule has 9 heteroatoms. The van der Waals surface area contributed by atoms with Crippen molar-refractivity contribution in [2.75, 3.05) is 7.11 Å². The second-order valence-corrected chi connectivity index (χ2v) is 7.04. The molecule has 156 valence electrons. The van der Waals surface area contributed by atoms with Crippen LogP contribution in [0.1, 0.15) is 15.9 Å². The standard InChI is InChI=1S/C21H18F3N3O3/c1-11-13(20(28)29)9-16(30-3)18-17(11)25-19(26(18)2)15-8-12-6-4-5-7-14(12)27(15)10-21(22,23)24/h4-9H,10H2,1-3H3,(H,28,29). The topological polar surface area (TPSA) is 69.3 Å². The maximum atomic E-state index is 13.3. The Morgan fingerprint density at radius 1 is 1.23 bits per heavy atom. The molecule has 0 bridgehead atoms. The number of nitrogens with zero attached hydrogens (tertiary/aromatic N) is 3. The number of ether oxygens (including phenoxy) is 1. The molecule has 0 aliphatic heterocycles. The zero-order chi connectivity index (χ0) is 21.8. The average Bonchev–Trinajstić information content (AvgIpc) is 3.20. The van der Waals surface area contributed by atoms with E-state index < -0.39 is 18.7 Å². The van der Waals surface area contributed by atoms with Crippen LogP contribution in [0.4, 0.5) is 13.2 Å². The Morgan fingerprint density at radius 2 is 1.93 bits per heavy atom. The number of halogens is 3. The molecule has 0 unspecified atom stereocenters. The highest BCUT2D eigenvalue weighted by atomic mass is 19.4. The van der Waals surface area contributed by atoms with E-state index in [9.17, 15) is 23.1 Å². The zero-order valence-electron chi connectivity index (χ0n) is 16.4. The normalized spacial score (nSPS) is 12.1. The van der Waals surface area contributed by atoms with Gasteiger partial charge in [0.25, 0.3) is 0 Å². The lowest BCUT2D eigenvalue weighted by Gasteiger charge is -2.13. The highest BCUT2D eigenvalue weighted by Crippen LogP contribution is 2.37. The van der Waals surface area contributed by atoms with E-state index in [1.807, 2.05) is 0 Å². The number of hydrogen-bond acceptors (Lipinski definition) is 3. The van der Waals surface area contributed by atoms with Gasteiger partial charge in [0, 0.05) is 18.0 Å². The molecule has 4 rings (SSSR count). The van der Waals surface area contributed by atoms with Gasteiger partial charge in [0.2, 0.25) is 0 Å².